The second kappa shape index (κ2) is 5.83. The molecule has 0 unspecified atom stereocenters. The molecule has 0 atom stereocenters. The van der Waals surface area contributed by atoms with Crippen LogP contribution in [0.25, 0.3) is 0 Å². The van der Waals surface area contributed by atoms with Gasteiger partial charge in [0, 0.05) is 30.9 Å². The molecule has 3 rings (SSSR count). The van der Waals surface area contributed by atoms with Gasteiger partial charge in [-0.1, -0.05) is 12.1 Å². The fourth-order valence-electron chi connectivity index (χ4n) is 2.71. The van der Waals surface area contributed by atoms with Crippen molar-refractivity contribution in [2.24, 2.45) is 5.73 Å². The van der Waals surface area contributed by atoms with E-state index in [1.165, 1.54) is 5.69 Å². The monoisotopic (exact) mass is 273 g/mol. The summed E-state index contributed by atoms with van der Waals surface area (Å²) >= 11 is 0. The Morgan fingerprint density at radius 2 is 2.00 bits per heavy atom. The van der Waals surface area contributed by atoms with Crippen molar-refractivity contribution in [3.63, 3.8) is 0 Å². The molecule has 0 aromatic heterocycles. The highest BCUT2D eigenvalue weighted by atomic mass is 16.1. The molecule has 1 heterocycles. The van der Waals surface area contributed by atoms with Crippen LogP contribution in [-0.4, -0.2) is 31.1 Å². The van der Waals surface area contributed by atoms with Crippen LogP contribution in [-0.2, 0) is 11.2 Å². The Hall–Kier alpha value is -1.55. The van der Waals surface area contributed by atoms with Crippen molar-refractivity contribution >= 4 is 11.6 Å². The Kier molecular flexibility index (Phi) is 3.92. The summed E-state index contributed by atoms with van der Waals surface area (Å²) in [6.07, 6.45) is 4.86. The Bertz CT molecular complexity index is 476. The van der Waals surface area contributed by atoms with Gasteiger partial charge < -0.3 is 16.0 Å². The lowest BCUT2D eigenvalue weighted by atomic mass is 10.0. The minimum atomic E-state index is 0.144. The van der Waals surface area contributed by atoms with Gasteiger partial charge in [0.1, 0.15) is 0 Å². The lowest BCUT2D eigenvalue weighted by Gasteiger charge is -2.32. The van der Waals surface area contributed by atoms with E-state index in [2.05, 4.69) is 22.3 Å². The normalized spacial score (nSPS) is 19.9. The summed E-state index contributed by atoms with van der Waals surface area (Å²) in [5.41, 5.74) is 8.25. The van der Waals surface area contributed by atoms with Crippen molar-refractivity contribution < 1.29 is 4.79 Å². The van der Waals surface area contributed by atoms with E-state index in [1.807, 2.05) is 12.1 Å². The molecule has 2 fully saturated rings. The average molecular weight is 273 g/mol. The number of benzene rings is 1. The molecule has 20 heavy (non-hydrogen) atoms. The molecule has 1 aliphatic heterocycles. The maximum absolute atomic E-state index is 11.9. The van der Waals surface area contributed by atoms with Gasteiger partial charge in [0.15, 0.2) is 0 Å². The zero-order chi connectivity index (χ0) is 13.9. The summed E-state index contributed by atoms with van der Waals surface area (Å²) in [6, 6.07) is 9.13. The van der Waals surface area contributed by atoms with E-state index in [-0.39, 0.29) is 5.91 Å². The third-order valence-electron chi connectivity index (χ3n) is 4.12. The third-order valence-corrected chi connectivity index (χ3v) is 4.12. The molecule has 0 spiro atoms. The number of nitrogens with zero attached hydrogens (tertiary/aromatic N) is 1. The standard InChI is InChI=1S/C16H23N3O/c17-13-6-8-19(9-7-13)15-3-1-2-12(10-15)11-16(20)18-14-4-5-14/h1-3,10,13-14H,4-9,11,17H2,(H,18,20). The first-order chi connectivity index (χ1) is 9.70. The fourth-order valence-corrected chi connectivity index (χ4v) is 2.71. The van der Waals surface area contributed by atoms with Crippen LogP contribution in [0.15, 0.2) is 24.3 Å². The van der Waals surface area contributed by atoms with Crippen LogP contribution in [0.2, 0.25) is 0 Å². The second-order valence-corrected chi connectivity index (χ2v) is 6.01. The van der Waals surface area contributed by atoms with Gasteiger partial charge in [0.2, 0.25) is 5.91 Å². The molecule has 2 aliphatic rings. The largest absolute Gasteiger partial charge is 0.371 e. The summed E-state index contributed by atoms with van der Waals surface area (Å²) in [5.74, 6) is 0.144. The summed E-state index contributed by atoms with van der Waals surface area (Å²) in [4.78, 5) is 14.2. The zero-order valence-corrected chi connectivity index (χ0v) is 11.8. The Balaban J connectivity index is 1.61. The van der Waals surface area contributed by atoms with Gasteiger partial charge in [0.05, 0.1) is 6.42 Å². The Morgan fingerprint density at radius 1 is 1.25 bits per heavy atom. The first-order valence-corrected chi connectivity index (χ1v) is 7.59. The van der Waals surface area contributed by atoms with E-state index in [4.69, 9.17) is 5.73 Å². The Labute approximate surface area is 120 Å². The van der Waals surface area contributed by atoms with Crippen molar-refractivity contribution in [1.82, 2.24) is 5.32 Å². The van der Waals surface area contributed by atoms with E-state index in [9.17, 15) is 4.79 Å². The van der Waals surface area contributed by atoms with Gasteiger partial charge >= 0.3 is 0 Å². The minimum Gasteiger partial charge on any atom is -0.371 e. The van der Waals surface area contributed by atoms with Crippen LogP contribution in [0.3, 0.4) is 0 Å². The summed E-state index contributed by atoms with van der Waals surface area (Å²) in [7, 11) is 0. The molecule has 108 valence electrons. The number of anilines is 1. The van der Waals surface area contributed by atoms with Crippen molar-refractivity contribution in [2.45, 2.75) is 44.2 Å². The average Bonchev–Trinajstić information content (AvgIpc) is 3.23. The second-order valence-electron chi connectivity index (χ2n) is 6.01. The Morgan fingerprint density at radius 3 is 2.70 bits per heavy atom. The molecule has 1 saturated heterocycles. The molecule has 0 bridgehead atoms. The maximum Gasteiger partial charge on any atom is 0.224 e. The smallest absolute Gasteiger partial charge is 0.224 e. The van der Waals surface area contributed by atoms with Crippen LogP contribution in [0.4, 0.5) is 5.69 Å². The van der Waals surface area contributed by atoms with Gasteiger partial charge in [-0.25, -0.2) is 0 Å². The highest BCUT2D eigenvalue weighted by Crippen LogP contribution is 2.22. The first-order valence-electron chi connectivity index (χ1n) is 7.59. The van der Waals surface area contributed by atoms with Crippen molar-refractivity contribution in [2.75, 3.05) is 18.0 Å². The lowest BCUT2D eigenvalue weighted by molar-refractivity contribution is -0.120. The van der Waals surface area contributed by atoms with Gasteiger partial charge in [-0.05, 0) is 43.4 Å². The zero-order valence-electron chi connectivity index (χ0n) is 11.8. The predicted octanol–water partition coefficient (Wildman–Crippen LogP) is 1.44. The fraction of sp³-hybridized carbons (Fsp3) is 0.562. The van der Waals surface area contributed by atoms with Gasteiger partial charge in [0.25, 0.3) is 0 Å². The molecule has 1 aromatic carbocycles. The van der Waals surface area contributed by atoms with Crippen LogP contribution in [0, 0.1) is 0 Å². The maximum atomic E-state index is 11.9. The van der Waals surface area contributed by atoms with Crippen molar-refractivity contribution in [1.29, 1.82) is 0 Å². The van der Waals surface area contributed by atoms with E-state index >= 15 is 0 Å². The quantitative estimate of drug-likeness (QED) is 0.872. The topological polar surface area (TPSA) is 58.4 Å². The number of rotatable bonds is 4. The molecule has 1 aromatic rings. The number of hydrogen-bond acceptors (Lipinski definition) is 3. The lowest BCUT2D eigenvalue weighted by Crippen LogP contribution is -2.39. The minimum absolute atomic E-state index is 0.144. The van der Waals surface area contributed by atoms with Gasteiger partial charge in [-0.3, -0.25) is 4.79 Å². The van der Waals surface area contributed by atoms with E-state index < -0.39 is 0 Å². The van der Waals surface area contributed by atoms with Gasteiger partial charge in [-0.15, -0.1) is 0 Å². The predicted molar refractivity (Wildman–Crippen MR) is 80.7 cm³/mol. The number of carbonyl (C=O) groups excluding carboxylic acids is 1. The molecule has 1 amide bonds. The van der Waals surface area contributed by atoms with Crippen LogP contribution < -0.4 is 16.0 Å². The SMILES string of the molecule is NC1CCN(c2cccc(CC(=O)NC3CC3)c2)CC1. The van der Waals surface area contributed by atoms with Crippen LogP contribution >= 0.6 is 0 Å². The molecular weight excluding hydrogens is 250 g/mol. The van der Waals surface area contributed by atoms with Crippen LogP contribution in [0.5, 0.6) is 0 Å². The molecule has 4 nitrogen and oxygen atoms in total. The van der Waals surface area contributed by atoms with Crippen LogP contribution in [0.1, 0.15) is 31.2 Å². The number of piperidine rings is 1. The third kappa shape index (κ3) is 3.51. The molecule has 4 heteroatoms. The first kappa shape index (κ1) is 13.4. The van der Waals surface area contributed by atoms with E-state index in [0.29, 0.717) is 18.5 Å². The highest BCUT2D eigenvalue weighted by molar-refractivity contribution is 5.79. The highest BCUT2D eigenvalue weighted by Gasteiger charge is 2.23. The number of hydrogen-bond donors (Lipinski definition) is 2. The van der Waals surface area contributed by atoms with Crippen molar-refractivity contribution in [3.8, 4) is 0 Å². The molecule has 3 N–H and O–H groups in total. The van der Waals surface area contributed by atoms with E-state index in [1.54, 1.807) is 0 Å². The number of nitrogens with two attached hydrogens (primary N) is 1. The molecule has 1 saturated carbocycles. The van der Waals surface area contributed by atoms with E-state index in [0.717, 1.165) is 44.3 Å². The molecule has 1 aliphatic carbocycles. The number of amides is 1. The number of nitrogens with one attached hydrogen (secondary N) is 1. The summed E-state index contributed by atoms with van der Waals surface area (Å²) < 4.78 is 0. The summed E-state index contributed by atoms with van der Waals surface area (Å²) in [6.45, 7) is 2.03. The van der Waals surface area contributed by atoms with Crippen molar-refractivity contribution in [3.05, 3.63) is 29.8 Å². The molecular formula is C16H23N3O. The number of carbonyl (C=O) groups is 1. The van der Waals surface area contributed by atoms with Gasteiger partial charge in [-0.2, -0.15) is 0 Å². The summed E-state index contributed by atoms with van der Waals surface area (Å²) in [5, 5.41) is 3.04. The molecule has 0 radical (unpaired) electrons.